The van der Waals surface area contributed by atoms with E-state index in [2.05, 4.69) is 27.6 Å². The third-order valence-corrected chi connectivity index (χ3v) is 7.73. The molecular weight excluding hydrogens is 677 g/mol. The third kappa shape index (κ3) is 7.71. The van der Waals surface area contributed by atoms with E-state index < -0.39 is 17.3 Å². The van der Waals surface area contributed by atoms with Crippen molar-refractivity contribution in [2.45, 2.75) is 32.6 Å². The van der Waals surface area contributed by atoms with Crippen LogP contribution in [0.2, 0.25) is 5.02 Å². The summed E-state index contributed by atoms with van der Waals surface area (Å²) in [7, 11) is 1.68. The molecule has 1 atom stereocenters. The highest BCUT2D eigenvalue weighted by molar-refractivity contribution is 14.2. The van der Waals surface area contributed by atoms with Crippen LogP contribution in [-0.2, 0) is 30.4 Å². The number of alkyl halides is 3. The van der Waals surface area contributed by atoms with Gasteiger partial charge in [-0.2, -0.15) is 36.0 Å². The number of anilines is 1. The van der Waals surface area contributed by atoms with Crippen LogP contribution in [-0.4, -0.2) is 52.1 Å². The van der Waals surface area contributed by atoms with Crippen LogP contribution in [0.1, 0.15) is 39.8 Å². The molecule has 1 aliphatic rings. The van der Waals surface area contributed by atoms with Crippen LogP contribution in [0.25, 0.3) is 0 Å². The molecule has 208 valence electrons. The molecule has 8 nitrogen and oxygen atoms in total. The van der Waals surface area contributed by atoms with E-state index in [4.69, 9.17) is 11.6 Å². The van der Waals surface area contributed by atoms with Gasteiger partial charge in [0.1, 0.15) is 10.7 Å². The van der Waals surface area contributed by atoms with Crippen molar-refractivity contribution >= 4 is 64.6 Å². The van der Waals surface area contributed by atoms with E-state index in [1.165, 1.54) is 33.5 Å². The Labute approximate surface area is 243 Å². The number of aromatic nitrogens is 4. The molecule has 3 aromatic rings. The molecule has 0 spiro atoms. The van der Waals surface area contributed by atoms with Crippen molar-refractivity contribution in [3.8, 4) is 0 Å². The lowest BCUT2D eigenvalue weighted by Crippen LogP contribution is -2.33. The number of fused-ring (bicyclic) bond motifs is 1. The van der Waals surface area contributed by atoms with Gasteiger partial charge in [-0.1, -0.05) is 29.8 Å². The van der Waals surface area contributed by atoms with Crippen molar-refractivity contribution in [3.05, 3.63) is 73.9 Å². The molecular formula is C23H27ClF3IN5O3PS. The average molecular weight is 704 g/mol. The van der Waals surface area contributed by atoms with Gasteiger partial charge in [0.05, 0.1) is 30.4 Å². The van der Waals surface area contributed by atoms with Crippen molar-refractivity contribution in [1.29, 1.82) is 0 Å². The van der Waals surface area contributed by atoms with Crippen LogP contribution in [0.15, 0.2) is 35.3 Å². The van der Waals surface area contributed by atoms with Crippen LogP contribution >= 0.6 is 52.6 Å². The largest absolute Gasteiger partial charge is 0.416 e. The van der Waals surface area contributed by atoms with Crippen molar-refractivity contribution in [3.63, 3.8) is 0 Å². The van der Waals surface area contributed by atoms with E-state index in [1.54, 1.807) is 13.4 Å². The summed E-state index contributed by atoms with van der Waals surface area (Å²) in [6, 6.07) is 5.31. The van der Waals surface area contributed by atoms with E-state index in [0.29, 0.717) is 36.2 Å². The molecule has 1 unspecified atom stereocenters. The molecule has 38 heavy (non-hydrogen) atoms. The monoisotopic (exact) mass is 703 g/mol. The second kappa shape index (κ2) is 15.2. The lowest BCUT2D eigenvalue weighted by atomic mass is 10.0. The zero-order chi connectivity index (χ0) is 28.5. The molecule has 0 amide bonds. The number of hydrogen-bond donors (Lipinski definition) is 1. The maximum absolute atomic E-state index is 13.4. The van der Waals surface area contributed by atoms with Crippen LogP contribution in [0.5, 0.6) is 0 Å². The Hall–Kier alpha value is -1.67. The van der Waals surface area contributed by atoms with Gasteiger partial charge in [0, 0.05) is 44.5 Å². The summed E-state index contributed by atoms with van der Waals surface area (Å²) in [5, 5.41) is 8.41. The first-order valence-corrected chi connectivity index (χ1v) is 16.5. The number of nitrogens with zero attached hydrogens (tertiary/aromatic N) is 5. The fourth-order valence-corrected chi connectivity index (χ4v) is 5.39. The normalized spacial score (nSPS) is 12.9. The van der Waals surface area contributed by atoms with Crippen molar-refractivity contribution in [2.75, 3.05) is 31.4 Å². The highest BCUT2D eigenvalue weighted by atomic mass is 127. The van der Waals surface area contributed by atoms with Crippen LogP contribution in [0.4, 0.5) is 18.9 Å². The summed E-state index contributed by atoms with van der Waals surface area (Å²) < 4.78 is 47.4. The molecule has 1 aromatic carbocycles. The molecule has 0 bridgehead atoms. The van der Waals surface area contributed by atoms with Gasteiger partial charge in [-0.05, 0) is 46.9 Å². The number of carbonyl (C=O) groups is 1. The van der Waals surface area contributed by atoms with E-state index in [9.17, 15) is 22.8 Å². The summed E-state index contributed by atoms with van der Waals surface area (Å²) in [6.07, 6.45) is -0.185. The molecule has 0 aliphatic carbocycles. The van der Waals surface area contributed by atoms with Crippen molar-refractivity contribution in [1.82, 2.24) is 19.3 Å². The van der Waals surface area contributed by atoms with Crippen molar-refractivity contribution < 1.29 is 22.7 Å². The topological polar surface area (TPSA) is 82.2 Å². The SMILES string of the molecule is CCOC.CS.O=Cc1nn(Cc2ccccc2C(F)(F)F)c2c1CN(c1cnn(PI)c(=O)c1Cl)CC2. The number of aldehydes is 1. The maximum atomic E-state index is 13.4. The summed E-state index contributed by atoms with van der Waals surface area (Å²) in [4.78, 5) is 25.8. The zero-order valence-electron chi connectivity index (χ0n) is 20.8. The highest BCUT2D eigenvalue weighted by Crippen LogP contribution is 2.34. The molecule has 0 N–H and O–H groups in total. The molecule has 3 heterocycles. The third-order valence-electron chi connectivity index (χ3n) is 5.53. The number of hydrogen-bond acceptors (Lipinski definition) is 7. The van der Waals surface area contributed by atoms with Crippen LogP contribution in [0.3, 0.4) is 0 Å². The Bertz CT molecular complexity index is 1290. The Morgan fingerprint density at radius 1 is 1.29 bits per heavy atom. The first-order chi connectivity index (χ1) is 18.2. The molecule has 4 rings (SSSR count). The smallest absolute Gasteiger partial charge is 0.385 e. The van der Waals surface area contributed by atoms with E-state index >= 15 is 0 Å². The predicted octanol–water partition coefficient (Wildman–Crippen LogP) is 5.53. The quantitative estimate of drug-likeness (QED) is 0.158. The zero-order valence-corrected chi connectivity index (χ0v) is 25.6. The van der Waals surface area contributed by atoms with Gasteiger partial charge in [0.25, 0.3) is 5.56 Å². The number of methoxy groups -OCH3 is 1. The molecule has 0 radical (unpaired) electrons. The first-order valence-electron chi connectivity index (χ1n) is 11.2. The fourth-order valence-electron chi connectivity index (χ4n) is 3.75. The van der Waals surface area contributed by atoms with Gasteiger partial charge in [-0.15, -0.1) is 0 Å². The number of halogens is 5. The summed E-state index contributed by atoms with van der Waals surface area (Å²) in [5.41, 5.74) is 0.820. The van der Waals surface area contributed by atoms with Crippen LogP contribution < -0.4 is 10.5 Å². The summed E-state index contributed by atoms with van der Waals surface area (Å²) in [5.74, 6) is 0. The number of carbonyl (C=O) groups excluding carboxylic acids is 1. The minimum atomic E-state index is -4.49. The standard InChI is InChI=1S/C19H15ClF3IN5O2P.C3H8O.CH4S/c20-17-16(7-25-29(32-24)18(17)31)27-6-5-15-12(9-27)14(10-30)26-28(15)8-11-3-1-2-4-13(11)19(21,22)23;1-3-4-2;1-2/h1-4,7,10,32H,5-6,8-9H2;3H2,1-2H3;2H,1H3. The van der Waals surface area contributed by atoms with Gasteiger partial charge in [-0.3, -0.25) is 14.3 Å². The number of ether oxygens (including phenoxy) is 1. The predicted molar refractivity (Wildman–Crippen MR) is 157 cm³/mol. The van der Waals surface area contributed by atoms with E-state index in [0.717, 1.165) is 12.7 Å². The molecule has 15 heteroatoms. The lowest BCUT2D eigenvalue weighted by molar-refractivity contribution is -0.138. The van der Waals surface area contributed by atoms with Gasteiger partial charge < -0.3 is 9.64 Å². The number of thiol groups is 1. The van der Waals surface area contributed by atoms with Crippen molar-refractivity contribution in [2.24, 2.45) is 0 Å². The molecule has 2 aromatic heterocycles. The summed E-state index contributed by atoms with van der Waals surface area (Å²) >= 11 is 11.8. The second-order valence-electron chi connectivity index (χ2n) is 7.64. The molecule has 0 saturated carbocycles. The van der Waals surface area contributed by atoms with Crippen LogP contribution in [0, 0.1) is 0 Å². The maximum Gasteiger partial charge on any atom is 0.416 e. The van der Waals surface area contributed by atoms with Gasteiger partial charge in [0.15, 0.2) is 6.29 Å². The molecule has 0 fully saturated rings. The second-order valence-corrected chi connectivity index (χ2v) is 10.1. The minimum Gasteiger partial charge on any atom is -0.385 e. The van der Waals surface area contributed by atoms with E-state index in [1.807, 2.05) is 33.9 Å². The lowest BCUT2D eigenvalue weighted by Gasteiger charge is -2.30. The Morgan fingerprint density at radius 2 is 1.95 bits per heavy atom. The minimum absolute atomic E-state index is 0.0340. The Balaban J connectivity index is 0.000000773. The molecule has 0 saturated heterocycles. The fraction of sp³-hybridized carbons (Fsp3) is 0.391. The average Bonchev–Trinajstić information content (AvgIpc) is 3.27. The molecule has 1 aliphatic heterocycles. The number of benzene rings is 1. The summed E-state index contributed by atoms with van der Waals surface area (Å²) in [6.45, 7) is 3.35. The Kier molecular flexibility index (Phi) is 13.0. The first kappa shape index (κ1) is 32.5. The van der Waals surface area contributed by atoms with Gasteiger partial charge in [-0.25, -0.2) is 4.45 Å². The van der Waals surface area contributed by atoms with Gasteiger partial charge >= 0.3 is 6.18 Å². The van der Waals surface area contributed by atoms with E-state index in [-0.39, 0.29) is 35.7 Å². The Morgan fingerprint density at radius 3 is 2.53 bits per heavy atom. The highest BCUT2D eigenvalue weighted by Gasteiger charge is 2.34. The number of rotatable bonds is 6. The van der Waals surface area contributed by atoms with Gasteiger partial charge in [0.2, 0.25) is 0 Å².